The van der Waals surface area contributed by atoms with Crippen LogP contribution in [-0.4, -0.2) is 22.7 Å². The van der Waals surface area contributed by atoms with Gasteiger partial charge in [0.25, 0.3) is 0 Å². The summed E-state index contributed by atoms with van der Waals surface area (Å²) in [5, 5.41) is 1.88. The number of rotatable bonds is 1. The van der Waals surface area contributed by atoms with Crippen molar-refractivity contribution in [3.63, 3.8) is 0 Å². The molecule has 0 spiro atoms. The van der Waals surface area contributed by atoms with Gasteiger partial charge in [-0.05, 0) is 12.1 Å². The van der Waals surface area contributed by atoms with Crippen molar-refractivity contribution in [2.45, 2.75) is 20.8 Å². The SMILES string of the molecule is CC(=O)N(C(C)=O)N(C(C)=O)c1ccccc1. The first kappa shape index (κ1) is 12.9. The summed E-state index contributed by atoms with van der Waals surface area (Å²) in [6.45, 7) is 3.77. The topological polar surface area (TPSA) is 57.7 Å². The van der Waals surface area contributed by atoms with E-state index in [0.717, 1.165) is 10.0 Å². The summed E-state index contributed by atoms with van der Waals surface area (Å²) < 4.78 is 0. The molecule has 0 unspecified atom stereocenters. The highest BCUT2D eigenvalue weighted by Crippen LogP contribution is 2.16. The van der Waals surface area contributed by atoms with Crippen LogP contribution in [0.1, 0.15) is 20.8 Å². The first-order valence-corrected chi connectivity index (χ1v) is 5.12. The number of nitrogens with zero attached hydrogens (tertiary/aromatic N) is 2. The van der Waals surface area contributed by atoms with Crippen molar-refractivity contribution in [1.82, 2.24) is 5.01 Å². The summed E-state index contributed by atoms with van der Waals surface area (Å²) in [6.07, 6.45) is 0. The maximum atomic E-state index is 11.6. The zero-order valence-electron chi connectivity index (χ0n) is 10.0. The fraction of sp³-hybridized carbons (Fsp3) is 0.250. The second-order valence-electron chi connectivity index (χ2n) is 3.52. The summed E-state index contributed by atoms with van der Waals surface area (Å²) >= 11 is 0. The molecule has 0 radical (unpaired) electrons. The van der Waals surface area contributed by atoms with E-state index in [1.165, 1.54) is 20.8 Å². The number of amides is 3. The molecule has 90 valence electrons. The molecule has 0 N–H and O–H groups in total. The van der Waals surface area contributed by atoms with Crippen molar-refractivity contribution < 1.29 is 14.4 Å². The zero-order chi connectivity index (χ0) is 13.0. The molecule has 0 saturated heterocycles. The summed E-state index contributed by atoms with van der Waals surface area (Å²) in [4.78, 5) is 34.4. The molecule has 0 aliphatic heterocycles. The van der Waals surface area contributed by atoms with Gasteiger partial charge in [-0.2, -0.15) is 5.01 Å². The van der Waals surface area contributed by atoms with Crippen LogP contribution in [0.25, 0.3) is 0 Å². The van der Waals surface area contributed by atoms with Gasteiger partial charge in [0.15, 0.2) is 0 Å². The Balaban J connectivity index is 3.22. The molecule has 17 heavy (non-hydrogen) atoms. The van der Waals surface area contributed by atoms with Gasteiger partial charge in [0.05, 0.1) is 5.69 Å². The molecule has 5 nitrogen and oxygen atoms in total. The molecule has 1 aromatic carbocycles. The molecule has 0 heterocycles. The lowest BCUT2D eigenvalue weighted by molar-refractivity contribution is -0.146. The lowest BCUT2D eigenvalue weighted by Gasteiger charge is -2.30. The fourth-order valence-electron chi connectivity index (χ4n) is 1.51. The number of carbonyl (C=O) groups excluding carboxylic acids is 3. The van der Waals surface area contributed by atoms with Crippen LogP contribution in [-0.2, 0) is 14.4 Å². The highest BCUT2D eigenvalue weighted by molar-refractivity contribution is 6.03. The highest BCUT2D eigenvalue weighted by Gasteiger charge is 2.26. The lowest BCUT2D eigenvalue weighted by Crippen LogP contribution is -2.51. The van der Waals surface area contributed by atoms with Crippen LogP contribution in [0.5, 0.6) is 0 Å². The number of carbonyl (C=O) groups is 3. The molecular weight excluding hydrogens is 220 g/mol. The van der Waals surface area contributed by atoms with Crippen LogP contribution in [0, 0.1) is 0 Å². The number of benzene rings is 1. The first-order valence-electron chi connectivity index (χ1n) is 5.12. The number of hydrogen-bond acceptors (Lipinski definition) is 3. The Hall–Kier alpha value is -2.17. The number of anilines is 1. The lowest BCUT2D eigenvalue weighted by atomic mass is 10.3. The van der Waals surface area contributed by atoms with Crippen LogP contribution in [0.4, 0.5) is 5.69 Å². The minimum Gasteiger partial charge on any atom is -0.273 e. The molecule has 0 aliphatic rings. The predicted molar refractivity (Wildman–Crippen MR) is 62.8 cm³/mol. The fourth-order valence-corrected chi connectivity index (χ4v) is 1.51. The standard InChI is InChI=1S/C12H14N2O3/c1-9(15)13(10(2)16)14(11(3)17)12-7-5-4-6-8-12/h4-8H,1-3H3. The maximum absolute atomic E-state index is 11.6. The smallest absolute Gasteiger partial charge is 0.245 e. The van der Waals surface area contributed by atoms with Gasteiger partial charge in [0.1, 0.15) is 0 Å². The molecule has 0 bridgehead atoms. The summed E-state index contributed by atoms with van der Waals surface area (Å²) in [5.74, 6) is -1.41. The third-order valence-corrected chi connectivity index (χ3v) is 2.10. The number of para-hydroxylation sites is 1. The summed E-state index contributed by atoms with van der Waals surface area (Å²) in [6, 6.07) is 8.54. The van der Waals surface area contributed by atoms with Crippen LogP contribution in [0.2, 0.25) is 0 Å². The zero-order valence-corrected chi connectivity index (χ0v) is 10.0. The Kier molecular flexibility index (Phi) is 3.98. The Morgan fingerprint density at radius 1 is 0.824 bits per heavy atom. The van der Waals surface area contributed by atoms with E-state index in [2.05, 4.69) is 0 Å². The number of imide groups is 1. The van der Waals surface area contributed by atoms with E-state index in [0.29, 0.717) is 5.69 Å². The Labute approximate surface area is 99.6 Å². The molecule has 0 aromatic heterocycles. The minimum atomic E-state index is -0.503. The first-order chi connectivity index (χ1) is 7.95. The summed E-state index contributed by atoms with van der Waals surface area (Å²) in [5.41, 5.74) is 0.477. The molecule has 0 aliphatic carbocycles. The largest absolute Gasteiger partial charge is 0.273 e. The monoisotopic (exact) mass is 234 g/mol. The average Bonchev–Trinajstić information content (AvgIpc) is 2.25. The quantitative estimate of drug-likeness (QED) is 0.689. The number of hydrogen-bond donors (Lipinski definition) is 0. The van der Waals surface area contributed by atoms with Crippen molar-refractivity contribution in [3.05, 3.63) is 30.3 Å². The predicted octanol–water partition coefficient (Wildman–Crippen LogP) is 1.35. The van der Waals surface area contributed by atoms with E-state index in [1.807, 2.05) is 0 Å². The molecule has 0 fully saturated rings. The van der Waals surface area contributed by atoms with E-state index >= 15 is 0 Å². The van der Waals surface area contributed by atoms with Gasteiger partial charge in [0.2, 0.25) is 17.7 Å². The Morgan fingerprint density at radius 3 is 1.65 bits per heavy atom. The van der Waals surface area contributed by atoms with Crippen LogP contribution < -0.4 is 5.01 Å². The normalized spacial score (nSPS) is 9.59. The molecule has 0 saturated carbocycles. The van der Waals surface area contributed by atoms with E-state index in [1.54, 1.807) is 30.3 Å². The van der Waals surface area contributed by atoms with Gasteiger partial charge in [-0.25, -0.2) is 5.01 Å². The maximum Gasteiger partial charge on any atom is 0.245 e. The molecule has 0 atom stereocenters. The van der Waals surface area contributed by atoms with Crippen molar-refractivity contribution in [1.29, 1.82) is 0 Å². The van der Waals surface area contributed by atoms with Crippen molar-refractivity contribution in [2.75, 3.05) is 5.01 Å². The van der Waals surface area contributed by atoms with Crippen LogP contribution in [0.3, 0.4) is 0 Å². The third kappa shape index (κ3) is 2.90. The molecule has 1 aromatic rings. The third-order valence-electron chi connectivity index (χ3n) is 2.10. The van der Waals surface area contributed by atoms with Gasteiger partial charge in [0, 0.05) is 20.8 Å². The highest BCUT2D eigenvalue weighted by atomic mass is 16.2. The molecule has 1 rings (SSSR count). The second kappa shape index (κ2) is 5.25. The molecule has 3 amide bonds. The Morgan fingerprint density at radius 2 is 1.29 bits per heavy atom. The van der Waals surface area contributed by atoms with E-state index in [4.69, 9.17) is 0 Å². The van der Waals surface area contributed by atoms with E-state index < -0.39 is 17.7 Å². The van der Waals surface area contributed by atoms with Crippen molar-refractivity contribution in [3.8, 4) is 0 Å². The van der Waals surface area contributed by atoms with Gasteiger partial charge in [-0.1, -0.05) is 18.2 Å². The number of hydrazine groups is 1. The van der Waals surface area contributed by atoms with E-state index in [9.17, 15) is 14.4 Å². The van der Waals surface area contributed by atoms with Gasteiger partial charge < -0.3 is 0 Å². The second-order valence-corrected chi connectivity index (χ2v) is 3.52. The van der Waals surface area contributed by atoms with Gasteiger partial charge in [-0.15, -0.1) is 0 Å². The van der Waals surface area contributed by atoms with Gasteiger partial charge in [-0.3, -0.25) is 14.4 Å². The van der Waals surface area contributed by atoms with Crippen LogP contribution >= 0.6 is 0 Å². The Bertz CT molecular complexity index is 428. The van der Waals surface area contributed by atoms with E-state index in [-0.39, 0.29) is 0 Å². The summed E-state index contributed by atoms with van der Waals surface area (Å²) in [7, 11) is 0. The van der Waals surface area contributed by atoms with Crippen LogP contribution in [0.15, 0.2) is 30.3 Å². The average molecular weight is 234 g/mol. The van der Waals surface area contributed by atoms with Gasteiger partial charge >= 0.3 is 0 Å². The molecule has 5 heteroatoms. The van der Waals surface area contributed by atoms with Crippen molar-refractivity contribution in [2.24, 2.45) is 0 Å². The van der Waals surface area contributed by atoms with Crippen molar-refractivity contribution >= 4 is 23.4 Å². The minimum absolute atomic E-state index is 0.401. The molecular formula is C12H14N2O3.